The topological polar surface area (TPSA) is 80.2 Å². The highest BCUT2D eigenvalue weighted by Crippen LogP contribution is 2.23. The van der Waals surface area contributed by atoms with Crippen LogP contribution in [0.5, 0.6) is 0 Å². The number of pyridine rings is 1. The molecule has 0 aromatic rings. The molecule has 1 saturated heterocycles. The van der Waals surface area contributed by atoms with Gasteiger partial charge in [-0.1, -0.05) is 6.92 Å². The van der Waals surface area contributed by atoms with Gasteiger partial charge < -0.3 is 9.30 Å². The molecule has 3 aliphatic heterocycles. The smallest absolute Gasteiger partial charge is 0.341 e. The number of rotatable bonds is 4. The lowest BCUT2D eigenvalue weighted by molar-refractivity contribution is 0.0600. The molecule has 3 aliphatic rings. The lowest BCUT2D eigenvalue weighted by Crippen LogP contribution is -2.33. The van der Waals surface area contributed by atoms with E-state index in [1.807, 2.05) is 4.57 Å². The molecule has 0 saturated carbocycles. The van der Waals surface area contributed by atoms with Gasteiger partial charge in [-0.05, 0) is 25.9 Å². The van der Waals surface area contributed by atoms with Crippen molar-refractivity contribution in [1.82, 2.24) is 19.7 Å². The summed E-state index contributed by atoms with van der Waals surface area (Å²) < 4.78 is 6.71. The fraction of sp³-hybridized carbons (Fsp3) is 0.533. The molecule has 0 bridgehead atoms. The van der Waals surface area contributed by atoms with E-state index < -0.39 is 5.97 Å². The number of nitrogens with zero attached hydrogens (tertiary/aromatic N) is 3. The van der Waals surface area contributed by atoms with Crippen LogP contribution in [-0.2, 0) is 11.3 Å². The van der Waals surface area contributed by atoms with E-state index in [-0.39, 0.29) is 5.56 Å². The van der Waals surface area contributed by atoms with Gasteiger partial charge in [0.25, 0.3) is 5.56 Å². The zero-order chi connectivity index (χ0) is 15.7. The second-order valence-electron chi connectivity index (χ2n) is 5.60. The van der Waals surface area contributed by atoms with E-state index in [0.717, 1.165) is 26.1 Å². The van der Waals surface area contributed by atoms with Gasteiger partial charge in [-0.3, -0.25) is 9.69 Å². The standard InChI is InChI=1S/C15H20N4O3/c1-3-19-6-4-5-10(19)7-18-8-11-13(16-17-14(11)20)12(9-18)15(21)22-2/h8-10H,3-7H2,1-2H3,(H,17,20)/t10-/m1/s1. The number of methoxy groups -OCH3 is 1. The number of esters is 1. The maximum absolute atomic E-state index is 11.9. The van der Waals surface area contributed by atoms with Crippen LogP contribution in [0, 0.1) is 0 Å². The van der Waals surface area contributed by atoms with Gasteiger partial charge in [-0.25, -0.2) is 9.89 Å². The third-order valence-corrected chi connectivity index (χ3v) is 4.35. The molecule has 3 heterocycles. The van der Waals surface area contributed by atoms with Gasteiger partial charge in [0.1, 0.15) is 11.3 Å². The van der Waals surface area contributed by atoms with Gasteiger partial charge in [-0.2, -0.15) is 5.10 Å². The van der Waals surface area contributed by atoms with E-state index in [1.54, 1.807) is 12.4 Å². The minimum absolute atomic E-state index is 0.284. The van der Waals surface area contributed by atoms with Crippen molar-refractivity contribution in [2.75, 3.05) is 20.2 Å². The number of aromatic amines is 1. The van der Waals surface area contributed by atoms with Crippen LogP contribution in [0.2, 0.25) is 0 Å². The van der Waals surface area contributed by atoms with Crippen molar-refractivity contribution in [2.45, 2.75) is 32.4 Å². The molecule has 0 spiro atoms. The number of fused-ring (bicyclic) bond motifs is 1. The van der Waals surface area contributed by atoms with E-state index >= 15 is 0 Å². The summed E-state index contributed by atoms with van der Waals surface area (Å²) >= 11 is 0. The minimum atomic E-state index is -0.482. The number of hydrogen-bond acceptors (Lipinski definition) is 5. The lowest BCUT2D eigenvalue weighted by Gasteiger charge is -2.24. The van der Waals surface area contributed by atoms with Crippen molar-refractivity contribution < 1.29 is 9.53 Å². The average Bonchev–Trinajstić information content (AvgIpc) is 3.13. The summed E-state index contributed by atoms with van der Waals surface area (Å²) in [5.41, 5.74) is 0.823. The molecule has 7 heteroatoms. The van der Waals surface area contributed by atoms with E-state index in [9.17, 15) is 9.59 Å². The summed E-state index contributed by atoms with van der Waals surface area (Å²) in [5.74, 6) is -0.482. The normalized spacial score (nSPS) is 18.9. The highest BCUT2D eigenvalue weighted by atomic mass is 16.5. The number of likely N-dealkylation sites (tertiary alicyclic amines) is 1. The Labute approximate surface area is 128 Å². The second kappa shape index (κ2) is 5.92. The fourth-order valence-corrected chi connectivity index (χ4v) is 3.22. The molecular formula is C15H20N4O3. The Morgan fingerprint density at radius 2 is 2.32 bits per heavy atom. The Bertz CT molecular complexity index is 705. The predicted octanol–water partition coefficient (Wildman–Crippen LogP) is 0.947. The monoisotopic (exact) mass is 304 g/mol. The zero-order valence-corrected chi connectivity index (χ0v) is 12.8. The molecule has 3 rings (SSSR count). The first-order valence-corrected chi connectivity index (χ1v) is 7.54. The molecule has 0 unspecified atom stereocenters. The Balaban J connectivity index is 1.99. The largest absolute Gasteiger partial charge is 0.465 e. The van der Waals surface area contributed by atoms with Crippen LogP contribution in [0.3, 0.4) is 0 Å². The van der Waals surface area contributed by atoms with Crippen molar-refractivity contribution in [3.63, 3.8) is 0 Å². The van der Waals surface area contributed by atoms with Crippen LogP contribution >= 0.6 is 0 Å². The van der Waals surface area contributed by atoms with Crippen LogP contribution < -0.4 is 5.56 Å². The van der Waals surface area contributed by atoms with E-state index in [0.29, 0.717) is 22.9 Å². The summed E-state index contributed by atoms with van der Waals surface area (Å²) in [6.45, 7) is 5.01. The van der Waals surface area contributed by atoms with Gasteiger partial charge in [0, 0.05) is 25.0 Å². The summed E-state index contributed by atoms with van der Waals surface area (Å²) in [6, 6.07) is 0.431. The van der Waals surface area contributed by atoms with E-state index in [1.165, 1.54) is 13.5 Å². The third kappa shape index (κ3) is 2.52. The van der Waals surface area contributed by atoms with Crippen molar-refractivity contribution in [1.29, 1.82) is 0 Å². The molecule has 0 amide bonds. The predicted molar refractivity (Wildman–Crippen MR) is 81.1 cm³/mol. The number of likely N-dealkylation sites (N-methyl/N-ethyl adjacent to an activating group) is 1. The molecule has 0 aromatic heterocycles. The Kier molecular flexibility index (Phi) is 3.98. The first-order chi connectivity index (χ1) is 10.6. The maximum Gasteiger partial charge on any atom is 0.341 e. The summed E-state index contributed by atoms with van der Waals surface area (Å²) in [7, 11) is 1.33. The van der Waals surface area contributed by atoms with Gasteiger partial charge in [0.05, 0.1) is 12.7 Å². The molecule has 22 heavy (non-hydrogen) atoms. The molecule has 0 aromatic carbocycles. The van der Waals surface area contributed by atoms with Gasteiger partial charge in [0.2, 0.25) is 0 Å². The van der Waals surface area contributed by atoms with E-state index in [2.05, 4.69) is 22.0 Å². The summed E-state index contributed by atoms with van der Waals surface area (Å²) in [6.07, 6.45) is 5.80. The number of hydrogen-bond donors (Lipinski definition) is 1. The van der Waals surface area contributed by atoms with Crippen molar-refractivity contribution in [3.8, 4) is 11.3 Å². The molecule has 1 N–H and O–H groups in total. The van der Waals surface area contributed by atoms with Crippen LogP contribution in [0.25, 0.3) is 11.3 Å². The highest BCUT2D eigenvalue weighted by Gasteiger charge is 2.26. The number of carbonyl (C=O) groups excluding carboxylic acids is 1. The molecule has 118 valence electrons. The fourth-order valence-electron chi connectivity index (χ4n) is 3.22. The van der Waals surface area contributed by atoms with Crippen LogP contribution in [0.1, 0.15) is 30.1 Å². The first-order valence-electron chi connectivity index (χ1n) is 7.54. The Hall–Kier alpha value is -2.15. The third-order valence-electron chi connectivity index (χ3n) is 4.35. The van der Waals surface area contributed by atoms with Crippen LogP contribution in [0.15, 0.2) is 17.2 Å². The Morgan fingerprint density at radius 3 is 3.05 bits per heavy atom. The van der Waals surface area contributed by atoms with E-state index in [4.69, 9.17) is 4.74 Å². The molecule has 0 aliphatic carbocycles. The molecular weight excluding hydrogens is 284 g/mol. The molecule has 7 nitrogen and oxygen atoms in total. The van der Waals surface area contributed by atoms with Crippen molar-refractivity contribution in [2.24, 2.45) is 0 Å². The van der Waals surface area contributed by atoms with Gasteiger partial charge in [-0.15, -0.1) is 0 Å². The molecule has 1 fully saturated rings. The summed E-state index contributed by atoms with van der Waals surface area (Å²) in [5, 5.41) is 6.33. The van der Waals surface area contributed by atoms with Crippen molar-refractivity contribution in [3.05, 3.63) is 28.3 Å². The number of nitrogens with one attached hydrogen (secondary N) is 1. The number of H-pyrrole nitrogens is 1. The highest BCUT2D eigenvalue weighted by molar-refractivity contribution is 5.95. The number of aromatic nitrogens is 3. The van der Waals surface area contributed by atoms with Gasteiger partial charge >= 0.3 is 5.97 Å². The second-order valence-corrected chi connectivity index (χ2v) is 5.60. The quantitative estimate of drug-likeness (QED) is 0.851. The average molecular weight is 304 g/mol. The Morgan fingerprint density at radius 1 is 1.50 bits per heavy atom. The number of ether oxygens (including phenoxy) is 1. The number of carbonyl (C=O) groups is 1. The van der Waals surface area contributed by atoms with Gasteiger partial charge in [0.15, 0.2) is 0 Å². The molecule has 0 radical (unpaired) electrons. The minimum Gasteiger partial charge on any atom is -0.465 e. The SMILES string of the molecule is CCN1CCC[C@@H]1Cn1cc(C(=O)OC)c2n[nH]c(=O)c-2c1. The lowest BCUT2D eigenvalue weighted by atomic mass is 10.1. The van der Waals surface area contributed by atoms with Crippen molar-refractivity contribution >= 4 is 5.97 Å². The summed E-state index contributed by atoms with van der Waals surface area (Å²) in [4.78, 5) is 26.2. The van der Waals surface area contributed by atoms with Crippen LogP contribution in [0.4, 0.5) is 0 Å². The maximum atomic E-state index is 11.9. The van der Waals surface area contributed by atoms with Crippen LogP contribution in [-0.4, -0.2) is 51.9 Å². The first kappa shape index (κ1) is 14.8. The zero-order valence-electron chi connectivity index (χ0n) is 12.8. The molecule has 1 atom stereocenters.